The molecule has 1 aromatic heterocycles. The van der Waals surface area contributed by atoms with E-state index in [1.165, 1.54) is 0 Å². The zero-order chi connectivity index (χ0) is 22.7. The lowest BCUT2D eigenvalue weighted by Gasteiger charge is -2.40. The second-order valence-corrected chi connectivity index (χ2v) is 8.45. The number of amides is 2. The van der Waals surface area contributed by atoms with Gasteiger partial charge in [-0.3, -0.25) is 9.59 Å². The van der Waals surface area contributed by atoms with Gasteiger partial charge in [0.15, 0.2) is 0 Å². The fourth-order valence-corrected chi connectivity index (χ4v) is 4.96. The predicted molar refractivity (Wildman–Crippen MR) is 121 cm³/mol. The lowest BCUT2D eigenvalue weighted by atomic mass is 9.96. The number of nitrogens with zero attached hydrogens (tertiary/aromatic N) is 2. The Kier molecular flexibility index (Phi) is 6.60. The van der Waals surface area contributed by atoms with Crippen molar-refractivity contribution in [3.8, 4) is 5.75 Å². The highest BCUT2D eigenvalue weighted by Gasteiger charge is 2.41. The number of rotatable bonds is 7. The van der Waals surface area contributed by atoms with Crippen LogP contribution in [-0.4, -0.2) is 60.3 Å². The molecule has 3 heterocycles. The molecular formula is C24H30N4O4. The van der Waals surface area contributed by atoms with Crippen molar-refractivity contribution in [3.63, 3.8) is 0 Å². The number of carbonyl (C=O) groups is 2. The van der Waals surface area contributed by atoms with E-state index in [0.29, 0.717) is 29.0 Å². The lowest BCUT2D eigenvalue weighted by molar-refractivity contribution is 0.0923. The van der Waals surface area contributed by atoms with Crippen LogP contribution in [0.5, 0.6) is 5.75 Å². The Morgan fingerprint density at radius 1 is 1.16 bits per heavy atom. The van der Waals surface area contributed by atoms with Crippen LogP contribution in [0.4, 0.5) is 5.82 Å². The van der Waals surface area contributed by atoms with E-state index in [1.54, 1.807) is 19.4 Å². The molecule has 2 aliphatic heterocycles. The Morgan fingerprint density at radius 2 is 1.91 bits per heavy atom. The van der Waals surface area contributed by atoms with Crippen LogP contribution in [0.25, 0.3) is 0 Å². The van der Waals surface area contributed by atoms with E-state index in [4.69, 9.17) is 9.84 Å². The van der Waals surface area contributed by atoms with Gasteiger partial charge in [0.2, 0.25) is 0 Å². The molecule has 0 saturated carbocycles. The van der Waals surface area contributed by atoms with Gasteiger partial charge in [-0.05, 0) is 56.9 Å². The lowest BCUT2D eigenvalue weighted by Crippen LogP contribution is -2.50. The van der Waals surface area contributed by atoms with Crippen molar-refractivity contribution in [2.24, 2.45) is 0 Å². The van der Waals surface area contributed by atoms with Gasteiger partial charge >= 0.3 is 0 Å². The highest BCUT2D eigenvalue weighted by molar-refractivity contribution is 5.96. The number of piperidine rings is 1. The number of hydrogen-bond donors (Lipinski definition) is 3. The number of carbonyl (C=O) groups excluding carboxylic acids is 2. The second-order valence-electron chi connectivity index (χ2n) is 8.45. The Labute approximate surface area is 188 Å². The van der Waals surface area contributed by atoms with Crippen molar-refractivity contribution >= 4 is 17.6 Å². The third-order valence-electron chi connectivity index (χ3n) is 6.49. The number of methoxy groups -OCH3 is 1. The zero-order valence-corrected chi connectivity index (χ0v) is 18.5. The number of aliphatic hydroxyl groups is 1. The number of anilines is 1. The molecular weight excluding hydrogens is 408 g/mol. The van der Waals surface area contributed by atoms with Crippen molar-refractivity contribution in [1.82, 2.24) is 15.6 Å². The maximum Gasteiger partial charge on any atom is 0.252 e. The average molecular weight is 439 g/mol. The minimum absolute atomic E-state index is 0.0596. The third kappa shape index (κ3) is 4.41. The summed E-state index contributed by atoms with van der Waals surface area (Å²) in [7, 11) is 1.61. The molecule has 2 amide bonds. The fraction of sp³-hybridized carbons (Fsp3) is 0.458. The molecule has 2 aliphatic rings. The van der Waals surface area contributed by atoms with Crippen LogP contribution in [0.1, 0.15) is 52.0 Å². The number of ether oxygens (including phenoxy) is 1. The number of hydrogen-bond acceptors (Lipinski definition) is 6. The SMILES string of the molecule is COc1cccc(C(=O)NC2C[C@H]3CC[C@@H](C2)N3c2ccc(C(=O)NCCO)cn2)c1C. The van der Waals surface area contributed by atoms with Crippen molar-refractivity contribution in [1.29, 1.82) is 0 Å². The molecule has 2 bridgehead atoms. The first-order valence-corrected chi connectivity index (χ1v) is 11.1. The molecule has 2 fully saturated rings. The number of benzene rings is 1. The Balaban J connectivity index is 1.41. The second kappa shape index (κ2) is 9.56. The maximum atomic E-state index is 12.9. The molecule has 2 aromatic rings. The van der Waals surface area contributed by atoms with E-state index in [2.05, 4.69) is 20.5 Å². The first kappa shape index (κ1) is 22.1. The molecule has 1 aromatic carbocycles. The molecule has 0 aliphatic carbocycles. The Morgan fingerprint density at radius 3 is 2.53 bits per heavy atom. The molecule has 3 atom stereocenters. The van der Waals surface area contributed by atoms with Gasteiger partial charge in [-0.2, -0.15) is 0 Å². The summed E-state index contributed by atoms with van der Waals surface area (Å²) in [5.74, 6) is 1.28. The minimum Gasteiger partial charge on any atom is -0.496 e. The smallest absolute Gasteiger partial charge is 0.252 e. The van der Waals surface area contributed by atoms with E-state index in [9.17, 15) is 9.59 Å². The van der Waals surface area contributed by atoms with Crippen molar-refractivity contribution in [2.75, 3.05) is 25.2 Å². The first-order chi connectivity index (χ1) is 15.5. The van der Waals surface area contributed by atoms with Crippen LogP contribution in [-0.2, 0) is 0 Å². The highest BCUT2D eigenvalue weighted by atomic mass is 16.5. The molecule has 3 N–H and O–H groups in total. The largest absolute Gasteiger partial charge is 0.496 e. The summed E-state index contributed by atoms with van der Waals surface area (Å²) in [6, 6.07) is 9.93. The van der Waals surface area contributed by atoms with Crippen LogP contribution in [0.3, 0.4) is 0 Å². The number of aliphatic hydroxyl groups excluding tert-OH is 1. The molecule has 32 heavy (non-hydrogen) atoms. The Hall–Kier alpha value is -3.13. The number of fused-ring (bicyclic) bond motifs is 2. The predicted octanol–water partition coefficient (Wildman–Crippen LogP) is 2.05. The van der Waals surface area contributed by atoms with Crippen LogP contribution >= 0.6 is 0 Å². The quantitative estimate of drug-likeness (QED) is 0.611. The molecule has 0 spiro atoms. The van der Waals surface area contributed by atoms with Gasteiger partial charge in [0.25, 0.3) is 11.8 Å². The van der Waals surface area contributed by atoms with Gasteiger partial charge in [0, 0.05) is 42.0 Å². The Bertz CT molecular complexity index is 964. The van der Waals surface area contributed by atoms with Crippen LogP contribution in [0, 0.1) is 6.92 Å². The highest BCUT2D eigenvalue weighted by Crippen LogP contribution is 2.38. The van der Waals surface area contributed by atoms with Gasteiger partial charge in [-0.1, -0.05) is 6.07 Å². The summed E-state index contributed by atoms with van der Waals surface area (Å²) < 4.78 is 5.35. The van der Waals surface area contributed by atoms with E-state index in [0.717, 1.165) is 37.1 Å². The summed E-state index contributed by atoms with van der Waals surface area (Å²) in [5.41, 5.74) is 1.97. The summed E-state index contributed by atoms with van der Waals surface area (Å²) in [4.78, 5) is 31.8. The number of pyridine rings is 1. The standard InChI is InChI=1S/C24H30N4O4/c1-15-20(4-3-5-21(15)32-2)24(31)27-17-12-18-7-8-19(13-17)28(18)22-9-6-16(14-26-22)23(30)25-10-11-29/h3-6,9,14,17-19,29H,7-8,10-13H2,1-2H3,(H,25,30)(H,27,31)/t17?,18-,19+. The normalized spacial score (nSPS) is 21.8. The molecule has 1 unspecified atom stereocenters. The van der Waals surface area contributed by atoms with Crippen LogP contribution in [0.15, 0.2) is 36.5 Å². The zero-order valence-electron chi connectivity index (χ0n) is 18.5. The number of aromatic nitrogens is 1. The van der Waals surface area contributed by atoms with Crippen molar-refractivity contribution < 1.29 is 19.4 Å². The van der Waals surface area contributed by atoms with Gasteiger partial charge in [0.1, 0.15) is 11.6 Å². The molecule has 8 nitrogen and oxygen atoms in total. The fourth-order valence-electron chi connectivity index (χ4n) is 4.96. The van der Waals surface area contributed by atoms with Crippen molar-refractivity contribution in [2.45, 2.75) is 50.7 Å². The summed E-state index contributed by atoms with van der Waals surface area (Å²) in [6.07, 6.45) is 5.45. The van der Waals surface area contributed by atoms with Gasteiger partial charge in [-0.25, -0.2) is 4.98 Å². The van der Waals surface area contributed by atoms with Crippen LogP contribution < -0.4 is 20.3 Å². The molecule has 170 valence electrons. The monoisotopic (exact) mass is 438 g/mol. The minimum atomic E-state index is -0.240. The third-order valence-corrected chi connectivity index (χ3v) is 6.49. The summed E-state index contributed by atoms with van der Waals surface area (Å²) in [5, 5.41) is 14.7. The summed E-state index contributed by atoms with van der Waals surface area (Å²) >= 11 is 0. The van der Waals surface area contributed by atoms with E-state index < -0.39 is 0 Å². The van der Waals surface area contributed by atoms with Crippen molar-refractivity contribution in [3.05, 3.63) is 53.2 Å². The molecule has 4 rings (SSSR count). The number of nitrogens with one attached hydrogen (secondary N) is 2. The van der Waals surface area contributed by atoms with Gasteiger partial charge in [-0.15, -0.1) is 0 Å². The van der Waals surface area contributed by atoms with E-state index in [-0.39, 0.29) is 31.0 Å². The van der Waals surface area contributed by atoms with E-state index in [1.807, 2.05) is 31.2 Å². The maximum absolute atomic E-state index is 12.9. The summed E-state index contributed by atoms with van der Waals surface area (Å²) in [6.45, 7) is 2.03. The molecule has 0 radical (unpaired) electrons. The first-order valence-electron chi connectivity index (χ1n) is 11.1. The molecule has 2 saturated heterocycles. The molecule has 8 heteroatoms. The average Bonchev–Trinajstić information content (AvgIpc) is 3.07. The van der Waals surface area contributed by atoms with E-state index >= 15 is 0 Å². The van der Waals surface area contributed by atoms with Gasteiger partial charge < -0.3 is 25.4 Å². The topological polar surface area (TPSA) is 104 Å². The van der Waals surface area contributed by atoms with Crippen LogP contribution in [0.2, 0.25) is 0 Å². The van der Waals surface area contributed by atoms with Gasteiger partial charge in [0.05, 0.1) is 19.3 Å².